The van der Waals surface area contributed by atoms with Crippen LogP contribution in [0.15, 0.2) is 18.2 Å². The average molecular weight is 248 g/mol. The minimum atomic E-state index is -0.451. The SMILES string of the molecule is C#Cc1c(C(=O)OCC)[nH]c2ccc(Cl)cc12. The molecule has 1 heterocycles. The summed E-state index contributed by atoms with van der Waals surface area (Å²) in [6, 6.07) is 5.24. The van der Waals surface area contributed by atoms with E-state index in [1.54, 1.807) is 25.1 Å². The molecule has 2 aromatic rings. The first-order valence-electron chi connectivity index (χ1n) is 5.12. The zero-order valence-corrected chi connectivity index (χ0v) is 9.97. The quantitative estimate of drug-likeness (QED) is 0.655. The number of carbonyl (C=O) groups excluding carboxylic acids is 1. The van der Waals surface area contributed by atoms with E-state index in [1.165, 1.54) is 0 Å². The summed E-state index contributed by atoms with van der Waals surface area (Å²) in [4.78, 5) is 14.6. The number of aromatic amines is 1. The van der Waals surface area contributed by atoms with Crippen LogP contribution >= 0.6 is 11.6 Å². The molecule has 1 aromatic carbocycles. The third-order valence-electron chi connectivity index (χ3n) is 2.38. The molecule has 1 aromatic heterocycles. The molecule has 0 aliphatic rings. The Kier molecular flexibility index (Phi) is 3.08. The molecule has 0 radical (unpaired) electrons. The molecule has 0 unspecified atom stereocenters. The van der Waals surface area contributed by atoms with Crippen LogP contribution in [0.25, 0.3) is 10.9 Å². The molecule has 2 rings (SSSR count). The van der Waals surface area contributed by atoms with E-state index in [-0.39, 0.29) is 0 Å². The summed E-state index contributed by atoms with van der Waals surface area (Å²) in [7, 11) is 0. The van der Waals surface area contributed by atoms with Crippen LogP contribution in [0.5, 0.6) is 0 Å². The van der Waals surface area contributed by atoms with Gasteiger partial charge in [0, 0.05) is 15.9 Å². The van der Waals surface area contributed by atoms with Gasteiger partial charge in [0.15, 0.2) is 0 Å². The largest absolute Gasteiger partial charge is 0.461 e. The molecule has 0 aliphatic heterocycles. The maximum absolute atomic E-state index is 11.7. The van der Waals surface area contributed by atoms with E-state index in [9.17, 15) is 4.79 Å². The van der Waals surface area contributed by atoms with Crippen LogP contribution in [0.1, 0.15) is 23.0 Å². The fourth-order valence-electron chi connectivity index (χ4n) is 1.67. The zero-order valence-electron chi connectivity index (χ0n) is 9.21. The number of hydrogen-bond acceptors (Lipinski definition) is 2. The average Bonchev–Trinajstić information content (AvgIpc) is 2.67. The Morgan fingerprint density at radius 1 is 1.59 bits per heavy atom. The lowest BCUT2D eigenvalue weighted by molar-refractivity contribution is 0.0520. The highest BCUT2D eigenvalue weighted by Gasteiger charge is 2.17. The van der Waals surface area contributed by atoms with E-state index in [1.807, 2.05) is 0 Å². The highest BCUT2D eigenvalue weighted by molar-refractivity contribution is 6.31. The second kappa shape index (κ2) is 4.52. The number of carbonyl (C=O) groups is 1. The Balaban J connectivity index is 2.65. The molecule has 86 valence electrons. The topological polar surface area (TPSA) is 42.1 Å². The number of hydrogen-bond donors (Lipinski definition) is 1. The Morgan fingerprint density at radius 3 is 3.00 bits per heavy atom. The van der Waals surface area contributed by atoms with E-state index in [4.69, 9.17) is 22.8 Å². The first-order chi connectivity index (χ1) is 8.17. The second-order valence-electron chi connectivity index (χ2n) is 3.43. The van der Waals surface area contributed by atoms with E-state index >= 15 is 0 Å². The van der Waals surface area contributed by atoms with Gasteiger partial charge in [-0.05, 0) is 25.1 Å². The van der Waals surface area contributed by atoms with Crippen LogP contribution < -0.4 is 0 Å². The van der Waals surface area contributed by atoms with Crippen LogP contribution in [0, 0.1) is 12.3 Å². The number of ether oxygens (including phenoxy) is 1. The fraction of sp³-hybridized carbons (Fsp3) is 0.154. The van der Waals surface area contributed by atoms with Gasteiger partial charge in [-0.2, -0.15) is 0 Å². The van der Waals surface area contributed by atoms with Crippen molar-refractivity contribution in [2.24, 2.45) is 0 Å². The Labute approximate surface area is 104 Å². The summed E-state index contributed by atoms with van der Waals surface area (Å²) in [5, 5.41) is 1.33. The Morgan fingerprint density at radius 2 is 2.35 bits per heavy atom. The van der Waals surface area contributed by atoms with Crippen molar-refractivity contribution in [3.05, 3.63) is 34.5 Å². The van der Waals surface area contributed by atoms with Gasteiger partial charge in [-0.1, -0.05) is 17.5 Å². The molecule has 1 N–H and O–H groups in total. The van der Waals surface area contributed by atoms with Crippen LogP contribution in [0.4, 0.5) is 0 Å². The second-order valence-corrected chi connectivity index (χ2v) is 3.87. The smallest absolute Gasteiger partial charge is 0.356 e. The molecule has 3 nitrogen and oxygen atoms in total. The van der Waals surface area contributed by atoms with Crippen molar-refractivity contribution in [2.75, 3.05) is 6.61 Å². The number of esters is 1. The van der Waals surface area contributed by atoms with Crippen molar-refractivity contribution in [1.29, 1.82) is 0 Å². The van der Waals surface area contributed by atoms with E-state index in [0.717, 1.165) is 10.9 Å². The summed E-state index contributed by atoms with van der Waals surface area (Å²) >= 11 is 5.90. The number of terminal acetylenes is 1. The third-order valence-corrected chi connectivity index (χ3v) is 2.62. The number of rotatable bonds is 2. The minimum Gasteiger partial charge on any atom is -0.461 e. The number of fused-ring (bicyclic) bond motifs is 1. The van der Waals surface area contributed by atoms with Crippen molar-refractivity contribution in [3.63, 3.8) is 0 Å². The molecule has 0 saturated heterocycles. The summed E-state index contributed by atoms with van der Waals surface area (Å²) in [6.45, 7) is 2.05. The Hall–Kier alpha value is -1.92. The van der Waals surface area contributed by atoms with E-state index < -0.39 is 5.97 Å². The molecular weight excluding hydrogens is 238 g/mol. The standard InChI is InChI=1S/C13H10ClNO2/c1-3-9-10-7-8(14)5-6-11(10)15-12(9)13(16)17-4-2/h1,5-7,15H,4H2,2H3. The van der Waals surface area contributed by atoms with E-state index in [2.05, 4.69) is 10.9 Å². The number of nitrogens with one attached hydrogen (secondary N) is 1. The Bertz CT molecular complexity index is 622. The summed E-state index contributed by atoms with van der Waals surface area (Å²) in [5.74, 6) is 2.04. The maximum Gasteiger partial charge on any atom is 0.356 e. The fourth-order valence-corrected chi connectivity index (χ4v) is 1.84. The lowest BCUT2D eigenvalue weighted by Crippen LogP contribution is -2.06. The molecular formula is C13H10ClNO2. The third kappa shape index (κ3) is 2.00. The molecule has 4 heteroatoms. The predicted octanol–water partition coefficient (Wildman–Crippen LogP) is 2.98. The van der Waals surface area contributed by atoms with Gasteiger partial charge in [-0.15, -0.1) is 6.42 Å². The zero-order chi connectivity index (χ0) is 12.4. The van der Waals surface area contributed by atoms with Crippen molar-refractivity contribution in [1.82, 2.24) is 4.98 Å². The van der Waals surface area contributed by atoms with Crippen LogP contribution in [0.3, 0.4) is 0 Å². The first-order valence-corrected chi connectivity index (χ1v) is 5.50. The molecule has 17 heavy (non-hydrogen) atoms. The van der Waals surface area contributed by atoms with Gasteiger partial charge >= 0.3 is 5.97 Å². The van der Waals surface area contributed by atoms with Gasteiger partial charge in [0.05, 0.1) is 12.2 Å². The van der Waals surface area contributed by atoms with Gasteiger partial charge in [0.2, 0.25) is 0 Å². The molecule has 0 spiro atoms. The van der Waals surface area contributed by atoms with Gasteiger partial charge in [-0.3, -0.25) is 0 Å². The van der Waals surface area contributed by atoms with Gasteiger partial charge in [-0.25, -0.2) is 4.79 Å². The van der Waals surface area contributed by atoms with Gasteiger partial charge < -0.3 is 9.72 Å². The number of H-pyrrole nitrogens is 1. The summed E-state index contributed by atoms with van der Waals surface area (Å²) in [6.07, 6.45) is 5.42. The van der Waals surface area contributed by atoms with Crippen LogP contribution in [-0.2, 0) is 4.74 Å². The molecule has 0 atom stereocenters. The summed E-state index contributed by atoms with van der Waals surface area (Å²) < 4.78 is 4.93. The number of halogens is 1. The lowest BCUT2D eigenvalue weighted by atomic mass is 10.1. The predicted molar refractivity (Wildman–Crippen MR) is 67.2 cm³/mol. The van der Waals surface area contributed by atoms with Crippen molar-refractivity contribution in [2.45, 2.75) is 6.92 Å². The number of benzene rings is 1. The van der Waals surface area contributed by atoms with Crippen molar-refractivity contribution >= 4 is 28.5 Å². The summed E-state index contributed by atoms with van der Waals surface area (Å²) in [5.41, 5.74) is 1.55. The first kappa shape index (κ1) is 11.6. The van der Waals surface area contributed by atoms with Crippen LogP contribution in [0.2, 0.25) is 5.02 Å². The molecule has 0 saturated carbocycles. The molecule has 0 amide bonds. The van der Waals surface area contributed by atoms with Gasteiger partial charge in [0.1, 0.15) is 5.69 Å². The number of aromatic nitrogens is 1. The highest BCUT2D eigenvalue weighted by atomic mass is 35.5. The monoisotopic (exact) mass is 247 g/mol. The lowest BCUT2D eigenvalue weighted by Gasteiger charge is -1.99. The molecule has 0 aliphatic carbocycles. The van der Waals surface area contributed by atoms with Crippen molar-refractivity contribution < 1.29 is 9.53 Å². The maximum atomic E-state index is 11.7. The van der Waals surface area contributed by atoms with Crippen LogP contribution in [-0.4, -0.2) is 17.6 Å². The molecule has 0 bridgehead atoms. The minimum absolute atomic E-state index is 0.298. The molecule has 0 fully saturated rings. The van der Waals surface area contributed by atoms with Crippen molar-refractivity contribution in [3.8, 4) is 12.3 Å². The van der Waals surface area contributed by atoms with E-state index in [0.29, 0.717) is 22.9 Å². The normalized spacial score (nSPS) is 10.2. The highest BCUT2D eigenvalue weighted by Crippen LogP contribution is 2.25. The van der Waals surface area contributed by atoms with Gasteiger partial charge in [0.25, 0.3) is 0 Å².